The molecule has 3 amide bonds. The number of carbonyl (C=O) groups is 4. The molecule has 0 radical (unpaired) electrons. The summed E-state index contributed by atoms with van der Waals surface area (Å²) in [4.78, 5) is 52.1. The Bertz CT molecular complexity index is 1060. The molecule has 168 valence electrons. The molecule has 32 heavy (non-hydrogen) atoms. The lowest BCUT2D eigenvalue weighted by atomic mass is 10.0. The van der Waals surface area contributed by atoms with E-state index in [9.17, 15) is 19.2 Å². The van der Waals surface area contributed by atoms with E-state index in [0.29, 0.717) is 0 Å². The molecule has 0 bridgehead atoms. The van der Waals surface area contributed by atoms with Gasteiger partial charge in [-0.1, -0.05) is 37.6 Å². The Morgan fingerprint density at radius 3 is 2.19 bits per heavy atom. The number of rotatable bonds is 7. The average Bonchev–Trinajstić information content (AvgIpc) is 3.00. The second-order valence-electron chi connectivity index (χ2n) is 7.46. The Morgan fingerprint density at radius 1 is 1.09 bits per heavy atom. The van der Waals surface area contributed by atoms with Gasteiger partial charge in [-0.3, -0.25) is 19.3 Å². The molecule has 0 saturated heterocycles. The first-order chi connectivity index (χ1) is 15.2. The molecular weight excluding hydrogens is 436 g/mol. The SMILES string of the molecule is CCOC(=O)c1cc(Cl)c(NC(=O)C(C(C)C)N2C(=O)c3ccccc3C2=O)cc1OC. The molecule has 1 aliphatic heterocycles. The van der Waals surface area contributed by atoms with Gasteiger partial charge in [-0.05, 0) is 31.0 Å². The summed E-state index contributed by atoms with van der Waals surface area (Å²) in [5, 5.41) is 2.74. The highest BCUT2D eigenvalue weighted by molar-refractivity contribution is 6.34. The van der Waals surface area contributed by atoms with E-state index in [2.05, 4.69) is 5.32 Å². The maximum absolute atomic E-state index is 13.2. The van der Waals surface area contributed by atoms with Crippen molar-refractivity contribution in [3.63, 3.8) is 0 Å². The molecule has 2 aromatic carbocycles. The summed E-state index contributed by atoms with van der Waals surface area (Å²) >= 11 is 6.30. The summed E-state index contributed by atoms with van der Waals surface area (Å²) in [6, 6.07) is 8.09. The Kier molecular flexibility index (Phi) is 6.84. The number of methoxy groups -OCH3 is 1. The van der Waals surface area contributed by atoms with Crippen LogP contribution in [0.3, 0.4) is 0 Å². The highest BCUT2D eigenvalue weighted by atomic mass is 35.5. The first-order valence-corrected chi connectivity index (χ1v) is 10.4. The van der Waals surface area contributed by atoms with Crippen LogP contribution in [0, 0.1) is 5.92 Å². The van der Waals surface area contributed by atoms with Gasteiger partial charge < -0.3 is 14.8 Å². The zero-order chi connectivity index (χ0) is 23.6. The van der Waals surface area contributed by atoms with Gasteiger partial charge in [0.1, 0.15) is 17.4 Å². The maximum atomic E-state index is 13.2. The molecule has 3 rings (SSSR count). The monoisotopic (exact) mass is 458 g/mol. The van der Waals surface area contributed by atoms with Crippen molar-refractivity contribution in [1.82, 2.24) is 4.90 Å². The first kappa shape index (κ1) is 23.3. The third kappa shape index (κ3) is 4.18. The number of carbonyl (C=O) groups excluding carboxylic acids is 4. The molecular formula is C23H23ClN2O6. The number of anilines is 1. The van der Waals surface area contributed by atoms with Crippen LogP contribution in [0.5, 0.6) is 5.75 Å². The minimum absolute atomic E-state index is 0.0760. The number of imide groups is 1. The largest absolute Gasteiger partial charge is 0.496 e. The van der Waals surface area contributed by atoms with Crippen LogP contribution >= 0.6 is 11.6 Å². The van der Waals surface area contributed by atoms with Crippen molar-refractivity contribution in [1.29, 1.82) is 0 Å². The lowest BCUT2D eigenvalue weighted by Crippen LogP contribution is -2.50. The number of nitrogens with zero attached hydrogens (tertiary/aromatic N) is 1. The van der Waals surface area contributed by atoms with Gasteiger partial charge in [0.05, 0.1) is 35.6 Å². The number of benzene rings is 2. The van der Waals surface area contributed by atoms with Crippen LogP contribution in [0.1, 0.15) is 51.8 Å². The van der Waals surface area contributed by atoms with Crippen LogP contribution < -0.4 is 10.1 Å². The van der Waals surface area contributed by atoms with Crippen molar-refractivity contribution in [3.8, 4) is 5.75 Å². The van der Waals surface area contributed by atoms with Crippen molar-refractivity contribution in [2.75, 3.05) is 19.0 Å². The fourth-order valence-corrected chi connectivity index (χ4v) is 3.78. The van der Waals surface area contributed by atoms with Gasteiger partial charge in [0.2, 0.25) is 5.91 Å². The van der Waals surface area contributed by atoms with Crippen molar-refractivity contribution < 1.29 is 28.7 Å². The van der Waals surface area contributed by atoms with Gasteiger partial charge in [-0.2, -0.15) is 0 Å². The number of fused-ring (bicyclic) bond motifs is 1. The molecule has 0 fully saturated rings. The molecule has 8 nitrogen and oxygen atoms in total. The van der Waals surface area contributed by atoms with Crippen LogP contribution in [0.25, 0.3) is 0 Å². The smallest absolute Gasteiger partial charge is 0.341 e. The molecule has 1 unspecified atom stereocenters. The third-order valence-corrected chi connectivity index (χ3v) is 5.36. The van der Waals surface area contributed by atoms with Gasteiger partial charge in [-0.25, -0.2) is 4.79 Å². The summed E-state index contributed by atoms with van der Waals surface area (Å²) in [5.41, 5.74) is 0.797. The standard InChI is InChI=1S/C23H23ClN2O6/c1-5-32-23(30)15-10-16(24)17(11-18(15)31-4)25-20(27)19(12(2)3)26-21(28)13-8-6-7-9-14(13)22(26)29/h6-12,19H,5H2,1-4H3,(H,25,27). The van der Waals surface area contributed by atoms with E-state index in [0.717, 1.165) is 4.90 Å². The lowest BCUT2D eigenvalue weighted by Gasteiger charge is -2.28. The fourth-order valence-electron chi connectivity index (χ4n) is 3.57. The van der Waals surface area contributed by atoms with Gasteiger partial charge in [0.25, 0.3) is 11.8 Å². The van der Waals surface area contributed by atoms with Gasteiger partial charge >= 0.3 is 5.97 Å². The number of esters is 1. The van der Waals surface area contributed by atoms with Crippen molar-refractivity contribution in [3.05, 3.63) is 58.1 Å². The number of amides is 3. The van der Waals surface area contributed by atoms with Crippen molar-refractivity contribution >= 4 is 41.0 Å². The Labute approximate surface area is 190 Å². The maximum Gasteiger partial charge on any atom is 0.341 e. The minimum atomic E-state index is -1.07. The van der Waals surface area contributed by atoms with E-state index in [1.807, 2.05) is 0 Å². The average molecular weight is 459 g/mol. The number of ether oxygens (including phenoxy) is 2. The summed E-state index contributed by atoms with van der Waals surface area (Å²) in [6.07, 6.45) is 0. The molecule has 0 saturated carbocycles. The highest BCUT2D eigenvalue weighted by Gasteiger charge is 2.44. The summed E-state index contributed by atoms with van der Waals surface area (Å²) < 4.78 is 10.2. The van der Waals surface area contributed by atoms with Gasteiger partial charge in [0, 0.05) is 6.07 Å². The topological polar surface area (TPSA) is 102 Å². The minimum Gasteiger partial charge on any atom is -0.496 e. The Hall–Kier alpha value is -3.39. The predicted molar refractivity (Wildman–Crippen MR) is 118 cm³/mol. The highest BCUT2D eigenvalue weighted by Crippen LogP contribution is 2.33. The third-order valence-electron chi connectivity index (χ3n) is 5.05. The molecule has 1 atom stereocenters. The van der Waals surface area contributed by atoms with E-state index in [1.54, 1.807) is 45.0 Å². The molecule has 0 aromatic heterocycles. The van der Waals surface area contributed by atoms with E-state index < -0.39 is 29.7 Å². The van der Waals surface area contributed by atoms with Crippen LogP contribution in [0.2, 0.25) is 5.02 Å². The van der Waals surface area contributed by atoms with Crippen LogP contribution in [-0.2, 0) is 9.53 Å². The second kappa shape index (κ2) is 9.40. The molecule has 1 N–H and O–H groups in total. The number of nitrogens with one attached hydrogen (secondary N) is 1. The van der Waals surface area contributed by atoms with Crippen LogP contribution in [0.15, 0.2) is 36.4 Å². The van der Waals surface area contributed by atoms with E-state index in [4.69, 9.17) is 21.1 Å². The van der Waals surface area contributed by atoms with Gasteiger partial charge in [0.15, 0.2) is 0 Å². The lowest BCUT2D eigenvalue weighted by molar-refractivity contribution is -0.121. The zero-order valence-electron chi connectivity index (χ0n) is 18.1. The second-order valence-corrected chi connectivity index (χ2v) is 7.86. The Morgan fingerprint density at radius 2 is 1.69 bits per heavy atom. The van der Waals surface area contributed by atoms with E-state index in [1.165, 1.54) is 19.2 Å². The zero-order valence-corrected chi connectivity index (χ0v) is 18.9. The summed E-state index contributed by atoms with van der Waals surface area (Å²) in [7, 11) is 1.37. The molecule has 1 aliphatic rings. The van der Waals surface area contributed by atoms with Crippen molar-refractivity contribution in [2.45, 2.75) is 26.8 Å². The normalized spacial score (nSPS) is 13.8. The molecule has 0 spiro atoms. The molecule has 1 heterocycles. The number of halogens is 1. The first-order valence-electron chi connectivity index (χ1n) is 10.0. The Balaban J connectivity index is 1.92. The van der Waals surface area contributed by atoms with E-state index in [-0.39, 0.29) is 45.7 Å². The fraction of sp³-hybridized carbons (Fsp3) is 0.304. The molecule has 2 aromatic rings. The molecule has 0 aliphatic carbocycles. The number of hydrogen-bond acceptors (Lipinski definition) is 6. The summed E-state index contributed by atoms with van der Waals surface area (Å²) in [6.45, 7) is 5.32. The van der Waals surface area contributed by atoms with Crippen molar-refractivity contribution in [2.24, 2.45) is 5.92 Å². The van der Waals surface area contributed by atoms with E-state index >= 15 is 0 Å². The van der Waals surface area contributed by atoms with Gasteiger partial charge in [-0.15, -0.1) is 0 Å². The molecule has 9 heteroatoms. The quantitative estimate of drug-likeness (QED) is 0.500. The van der Waals surface area contributed by atoms with Crippen LogP contribution in [0.4, 0.5) is 5.69 Å². The van der Waals surface area contributed by atoms with Crippen LogP contribution in [-0.4, -0.2) is 48.3 Å². The number of hydrogen-bond donors (Lipinski definition) is 1. The summed E-state index contributed by atoms with van der Waals surface area (Å²) in [5.74, 6) is -2.49. The predicted octanol–water partition coefficient (Wildman–Crippen LogP) is 3.78.